The molecule has 0 saturated carbocycles. The number of ether oxygens (including phenoxy) is 1. The number of H-pyrrole nitrogens is 1. The first-order chi connectivity index (χ1) is 17.1. The van der Waals surface area contributed by atoms with Crippen molar-refractivity contribution < 1.29 is 4.74 Å². The van der Waals surface area contributed by atoms with E-state index in [0.717, 1.165) is 35.6 Å². The Morgan fingerprint density at radius 3 is 2.51 bits per heavy atom. The molecule has 0 radical (unpaired) electrons. The van der Waals surface area contributed by atoms with E-state index in [1.165, 1.54) is 47.3 Å². The third kappa shape index (κ3) is 5.18. The number of fused-ring (bicyclic) bond motifs is 1. The van der Waals surface area contributed by atoms with Crippen LogP contribution >= 0.6 is 0 Å². The molecule has 5 rings (SSSR count). The Hall–Kier alpha value is -3.37. The number of hydrogen-bond acceptors (Lipinski definition) is 3. The molecule has 4 heteroatoms. The van der Waals surface area contributed by atoms with E-state index in [4.69, 9.17) is 4.74 Å². The molecule has 0 spiro atoms. The zero-order valence-corrected chi connectivity index (χ0v) is 21.0. The van der Waals surface area contributed by atoms with Crippen molar-refractivity contribution >= 4 is 22.0 Å². The molecule has 2 atom stereocenters. The van der Waals surface area contributed by atoms with E-state index in [0.29, 0.717) is 6.04 Å². The highest BCUT2D eigenvalue weighted by Gasteiger charge is 2.23. The van der Waals surface area contributed by atoms with Crippen LogP contribution in [0.2, 0.25) is 0 Å². The van der Waals surface area contributed by atoms with Crippen molar-refractivity contribution in [1.82, 2.24) is 15.1 Å². The molecule has 4 aromatic rings. The van der Waals surface area contributed by atoms with Crippen LogP contribution < -0.4 is 4.74 Å². The minimum absolute atomic E-state index is 0.432. The second kappa shape index (κ2) is 10.5. The summed E-state index contributed by atoms with van der Waals surface area (Å²) in [4.78, 5) is 2.54. The third-order valence-electron chi connectivity index (χ3n) is 7.22. The summed E-state index contributed by atoms with van der Waals surface area (Å²) in [5, 5.41) is 8.40. The highest BCUT2D eigenvalue weighted by atomic mass is 16.5. The summed E-state index contributed by atoms with van der Waals surface area (Å²) in [5.41, 5.74) is 7.29. The summed E-state index contributed by atoms with van der Waals surface area (Å²) in [6, 6.07) is 26.3. The minimum atomic E-state index is 0.432. The van der Waals surface area contributed by atoms with E-state index in [2.05, 4.69) is 109 Å². The molecule has 1 N–H and O–H groups in total. The normalized spacial score (nSPS) is 18.0. The lowest BCUT2D eigenvalue weighted by molar-refractivity contribution is 0.169. The molecule has 1 saturated heterocycles. The van der Waals surface area contributed by atoms with Crippen molar-refractivity contribution in [1.29, 1.82) is 0 Å². The molecule has 1 aliphatic heterocycles. The number of benzene rings is 3. The Morgan fingerprint density at radius 2 is 1.80 bits per heavy atom. The van der Waals surface area contributed by atoms with E-state index < -0.39 is 0 Å². The number of hydrogen-bond donors (Lipinski definition) is 1. The predicted molar refractivity (Wildman–Crippen MR) is 145 cm³/mol. The van der Waals surface area contributed by atoms with Gasteiger partial charge in [0.15, 0.2) is 0 Å². The van der Waals surface area contributed by atoms with Gasteiger partial charge in [0.2, 0.25) is 0 Å². The van der Waals surface area contributed by atoms with Crippen LogP contribution in [0, 0.1) is 5.92 Å². The van der Waals surface area contributed by atoms with Gasteiger partial charge < -0.3 is 4.74 Å². The molecular formula is C31H35N3O. The second-order valence-electron chi connectivity index (χ2n) is 9.82. The fraction of sp³-hybridized carbons (Fsp3) is 0.323. The molecule has 2 heterocycles. The molecule has 1 aromatic heterocycles. The van der Waals surface area contributed by atoms with Crippen molar-refractivity contribution in [2.45, 2.75) is 39.7 Å². The summed E-state index contributed by atoms with van der Waals surface area (Å²) in [7, 11) is 0. The summed E-state index contributed by atoms with van der Waals surface area (Å²) in [6.07, 6.45) is 4.12. The van der Waals surface area contributed by atoms with Gasteiger partial charge in [0, 0.05) is 18.0 Å². The van der Waals surface area contributed by atoms with Gasteiger partial charge >= 0.3 is 0 Å². The molecule has 4 nitrogen and oxygen atoms in total. The first-order valence-electron chi connectivity index (χ1n) is 12.8. The van der Waals surface area contributed by atoms with Crippen molar-refractivity contribution in [2.24, 2.45) is 5.92 Å². The Morgan fingerprint density at radius 1 is 1.03 bits per heavy atom. The highest BCUT2D eigenvalue weighted by Crippen LogP contribution is 2.36. The van der Waals surface area contributed by atoms with Crippen LogP contribution in [0.3, 0.4) is 0 Å². The number of rotatable bonds is 8. The molecule has 0 amide bonds. The van der Waals surface area contributed by atoms with Crippen LogP contribution in [0.1, 0.15) is 50.3 Å². The zero-order chi connectivity index (χ0) is 24.2. The number of aromatic nitrogens is 2. The van der Waals surface area contributed by atoms with Gasteiger partial charge in [0.05, 0.1) is 11.7 Å². The van der Waals surface area contributed by atoms with Crippen LogP contribution in [0.15, 0.2) is 79.0 Å². The number of aromatic amines is 1. The maximum Gasteiger partial charge on any atom is 0.119 e. The second-order valence-corrected chi connectivity index (χ2v) is 9.82. The molecule has 3 aromatic carbocycles. The van der Waals surface area contributed by atoms with Crippen molar-refractivity contribution in [3.8, 4) is 5.75 Å². The van der Waals surface area contributed by atoms with Gasteiger partial charge in [-0.15, -0.1) is 0 Å². The van der Waals surface area contributed by atoms with Gasteiger partial charge in [-0.3, -0.25) is 10.00 Å². The summed E-state index contributed by atoms with van der Waals surface area (Å²) < 4.78 is 6.20. The SMILES string of the molecule is CC/C(=C(/c1ccc(OC[C@H](C)N2CC[C@@H](C)C2)cc1)c1ccc2[nH]ncc2c1)c1ccccc1. The monoisotopic (exact) mass is 465 g/mol. The molecule has 180 valence electrons. The minimum Gasteiger partial charge on any atom is -0.492 e. The Bertz CT molecular complexity index is 1290. The quantitative estimate of drug-likeness (QED) is 0.284. The van der Waals surface area contributed by atoms with E-state index in [9.17, 15) is 0 Å². The lowest BCUT2D eigenvalue weighted by Gasteiger charge is -2.24. The highest BCUT2D eigenvalue weighted by molar-refractivity contribution is 6.00. The first-order valence-corrected chi connectivity index (χ1v) is 12.8. The molecule has 1 aliphatic rings. The van der Waals surface area contributed by atoms with Crippen LogP contribution in [-0.4, -0.2) is 40.8 Å². The summed E-state index contributed by atoms with van der Waals surface area (Å²) in [5.74, 6) is 1.72. The van der Waals surface area contributed by atoms with E-state index in [1.807, 2.05) is 6.20 Å². The van der Waals surface area contributed by atoms with Gasteiger partial charge in [-0.1, -0.05) is 62.4 Å². The van der Waals surface area contributed by atoms with Crippen LogP contribution in [0.5, 0.6) is 5.75 Å². The van der Waals surface area contributed by atoms with Crippen molar-refractivity contribution in [3.63, 3.8) is 0 Å². The maximum atomic E-state index is 6.20. The largest absolute Gasteiger partial charge is 0.492 e. The van der Waals surface area contributed by atoms with Gasteiger partial charge in [0.25, 0.3) is 0 Å². The lowest BCUT2D eigenvalue weighted by atomic mass is 9.88. The van der Waals surface area contributed by atoms with E-state index in [-0.39, 0.29) is 0 Å². The van der Waals surface area contributed by atoms with Crippen molar-refractivity contribution in [2.75, 3.05) is 19.7 Å². The van der Waals surface area contributed by atoms with Crippen LogP contribution in [-0.2, 0) is 0 Å². The molecule has 0 bridgehead atoms. The molecule has 1 fully saturated rings. The van der Waals surface area contributed by atoms with Crippen molar-refractivity contribution in [3.05, 3.63) is 95.7 Å². The van der Waals surface area contributed by atoms with E-state index >= 15 is 0 Å². The molecule has 0 unspecified atom stereocenters. The fourth-order valence-electron chi connectivity index (χ4n) is 5.19. The average Bonchev–Trinajstić information content (AvgIpc) is 3.55. The average molecular weight is 466 g/mol. The number of nitrogens with one attached hydrogen (secondary N) is 1. The third-order valence-corrected chi connectivity index (χ3v) is 7.22. The molecular weight excluding hydrogens is 430 g/mol. The fourth-order valence-corrected chi connectivity index (χ4v) is 5.19. The van der Waals surface area contributed by atoms with Gasteiger partial charge in [0.1, 0.15) is 12.4 Å². The zero-order valence-electron chi connectivity index (χ0n) is 21.0. The Balaban J connectivity index is 1.45. The first kappa shape index (κ1) is 23.4. The van der Waals surface area contributed by atoms with E-state index in [1.54, 1.807) is 0 Å². The smallest absolute Gasteiger partial charge is 0.119 e. The summed E-state index contributed by atoms with van der Waals surface area (Å²) >= 11 is 0. The number of nitrogens with zero attached hydrogens (tertiary/aromatic N) is 2. The topological polar surface area (TPSA) is 41.1 Å². The standard InChI is InChI=1S/C31H35N3O/c1-4-29(24-8-6-5-7-9-24)31(26-12-15-30-27(18-26)19-32-33-30)25-10-13-28(14-11-25)35-21-23(3)34-17-16-22(2)20-34/h5-15,18-19,22-23H,4,16-17,20-21H2,1-3H3,(H,32,33)/b31-29+/t22-,23+/m1/s1. The lowest BCUT2D eigenvalue weighted by Crippen LogP contribution is -2.35. The van der Waals surface area contributed by atoms with Gasteiger partial charge in [-0.25, -0.2) is 0 Å². The number of allylic oxidation sites excluding steroid dienone is 1. The molecule has 35 heavy (non-hydrogen) atoms. The summed E-state index contributed by atoms with van der Waals surface area (Å²) in [6.45, 7) is 9.91. The van der Waals surface area contributed by atoms with Gasteiger partial charge in [-0.05, 0) is 84.3 Å². The Labute approximate surface area is 208 Å². The maximum absolute atomic E-state index is 6.20. The molecule has 0 aliphatic carbocycles. The Kier molecular flexibility index (Phi) is 7.01. The number of likely N-dealkylation sites (tertiary alicyclic amines) is 1. The van der Waals surface area contributed by atoms with Gasteiger partial charge in [-0.2, -0.15) is 5.10 Å². The van der Waals surface area contributed by atoms with Crippen LogP contribution in [0.25, 0.3) is 22.0 Å². The van der Waals surface area contributed by atoms with Crippen LogP contribution in [0.4, 0.5) is 0 Å². The predicted octanol–water partition coefficient (Wildman–Crippen LogP) is 7.04.